The van der Waals surface area contributed by atoms with E-state index in [-0.39, 0.29) is 12.1 Å². The van der Waals surface area contributed by atoms with Crippen LogP contribution in [0.1, 0.15) is 60.0 Å². The fourth-order valence-electron chi connectivity index (χ4n) is 5.67. The number of nitrogens with one attached hydrogen (secondary N) is 1. The van der Waals surface area contributed by atoms with Crippen LogP contribution in [0.5, 0.6) is 11.5 Å². The van der Waals surface area contributed by atoms with Gasteiger partial charge in [0.25, 0.3) is 0 Å². The van der Waals surface area contributed by atoms with Crippen LogP contribution >= 0.6 is 11.3 Å². The number of hydrogen-bond donors (Lipinski definition) is 1. The molecule has 2 aliphatic rings. The zero-order chi connectivity index (χ0) is 26.1. The number of aromatic nitrogens is 1. The summed E-state index contributed by atoms with van der Waals surface area (Å²) in [6.45, 7) is 5.70. The van der Waals surface area contributed by atoms with Gasteiger partial charge in [-0.15, -0.1) is 11.3 Å². The van der Waals surface area contributed by atoms with Gasteiger partial charge in [-0.3, -0.25) is 0 Å². The molecule has 0 radical (unpaired) electrons. The summed E-state index contributed by atoms with van der Waals surface area (Å²) in [5.41, 5.74) is 5.58. The number of nitrogens with zero attached hydrogens (tertiary/aromatic N) is 2. The van der Waals surface area contributed by atoms with Crippen LogP contribution in [0, 0.1) is 0 Å². The van der Waals surface area contributed by atoms with Crippen LogP contribution in [0.25, 0.3) is 5.00 Å². The molecule has 6 rings (SSSR count). The van der Waals surface area contributed by atoms with Crippen LogP contribution in [0.3, 0.4) is 0 Å². The van der Waals surface area contributed by atoms with E-state index in [9.17, 15) is 4.79 Å². The van der Waals surface area contributed by atoms with Gasteiger partial charge in [-0.25, -0.2) is 4.79 Å². The van der Waals surface area contributed by atoms with E-state index in [1.54, 1.807) is 0 Å². The second-order valence-electron chi connectivity index (χ2n) is 9.72. The average molecular weight is 528 g/mol. The molecule has 2 aromatic heterocycles. The SMILES string of the molecule is CCOc1ccc(NC(=O)N2Cc3c(sc4c3CCCC4)-n3cccc3[C@H]2c2cccc(OCC)c2)cc1. The molecule has 0 saturated heterocycles. The minimum atomic E-state index is -0.271. The molecule has 196 valence electrons. The summed E-state index contributed by atoms with van der Waals surface area (Å²) in [7, 11) is 0. The molecule has 1 aliphatic heterocycles. The Kier molecular flexibility index (Phi) is 6.85. The molecule has 0 spiro atoms. The van der Waals surface area contributed by atoms with Gasteiger partial charge in [0.15, 0.2) is 0 Å². The van der Waals surface area contributed by atoms with Crippen molar-refractivity contribution in [2.45, 2.75) is 52.1 Å². The van der Waals surface area contributed by atoms with Crippen molar-refractivity contribution in [2.75, 3.05) is 18.5 Å². The lowest BCUT2D eigenvalue weighted by Gasteiger charge is -2.31. The maximum Gasteiger partial charge on any atom is 0.322 e. The third kappa shape index (κ3) is 4.56. The van der Waals surface area contributed by atoms with Gasteiger partial charge in [0.1, 0.15) is 16.5 Å². The molecule has 4 aromatic rings. The quantitative estimate of drug-likeness (QED) is 0.285. The highest BCUT2D eigenvalue weighted by Gasteiger charge is 2.36. The molecule has 2 aromatic carbocycles. The molecule has 0 saturated carbocycles. The van der Waals surface area contributed by atoms with Gasteiger partial charge in [-0.2, -0.15) is 0 Å². The van der Waals surface area contributed by atoms with E-state index in [1.807, 2.05) is 66.5 Å². The number of hydrogen-bond acceptors (Lipinski definition) is 4. The fraction of sp³-hybridized carbons (Fsp3) is 0.323. The van der Waals surface area contributed by atoms with Crippen molar-refractivity contribution in [3.8, 4) is 16.5 Å². The molecule has 2 amide bonds. The summed E-state index contributed by atoms with van der Waals surface area (Å²) in [5.74, 6) is 1.60. The second-order valence-corrected chi connectivity index (χ2v) is 10.8. The number of carbonyl (C=O) groups excluding carboxylic acids is 1. The lowest BCUT2D eigenvalue weighted by molar-refractivity contribution is 0.194. The number of anilines is 1. The number of rotatable bonds is 6. The van der Waals surface area contributed by atoms with Crippen molar-refractivity contribution in [3.05, 3.63) is 94.1 Å². The molecule has 0 fully saturated rings. The van der Waals surface area contributed by atoms with Crippen molar-refractivity contribution >= 4 is 23.1 Å². The summed E-state index contributed by atoms with van der Waals surface area (Å²) >= 11 is 1.90. The van der Waals surface area contributed by atoms with Crippen molar-refractivity contribution in [2.24, 2.45) is 0 Å². The lowest BCUT2D eigenvalue weighted by atomic mass is 9.95. The normalized spacial score (nSPS) is 16.2. The number of fused-ring (bicyclic) bond motifs is 5. The summed E-state index contributed by atoms with van der Waals surface area (Å²) in [6, 6.07) is 19.6. The van der Waals surface area contributed by atoms with Gasteiger partial charge in [-0.1, -0.05) is 12.1 Å². The minimum absolute atomic E-state index is 0.127. The van der Waals surface area contributed by atoms with E-state index >= 15 is 0 Å². The standard InChI is InChI=1S/C31H33N3O3S/c1-3-36-23-16-14-22(15-17-23)32-31(35)34-20-26-25-11-5-6-13-28(25)38-30(26)33-18-8-12-27(33)29(34)21-9-7-10-24(19-21)37-4-2/h7-10,12,14-19,29H,3-6,11,13,20H2,1-2H3,(H,32,35)/t29-/m1/s1. The van der Waals surface area contributed by atoms with Crippen LogP contribution in [0.2, 0.25) is 0 Å². The number of thiophene rings is 1. The Morgan fingerprint density at radius 1 is 0.947 bits per heavy atom. The highest BCUT2D eigenvalue weighted by atomic mass is 32.1. The molecule has 7 heteroatoms. The number of benzene rings is 2. The molecule has 1 aliphatic carbocycles. The number of aryl methyl sites for hydroxylation is 1. The van der Waals surface area contributed by atoms with E-state index in [4.69, 9.17) is 9.47 Å². The fourth-order valence-corrected chi connectivity index (χ4v) is 7.08. The van der Waals surface area contributed by atoms with E-state index in [0.717, 1.165) is 41.3 Å². The summed E-state index contributed by atoms with van der Waals surface area (Å²) in [6.07, 6.45) is 6.79. The van der Waals surface area contributed by atoms with Crippen molar-refractivity contribution < 1.29 is 14.3 Å². The van der Waals surface area contributed by atoms with E-state index in [2.05, 4.69) is 40.3 Å². The first-order valence-corrected chi connectivity index (χ1v) is 14.3. The van der Waals surface area contributed by atoms with Crippen LogP contribution < -0.4 is 14.8 Å². The number of carbonyl (C=O) groups is 1. The molecule has 3 heterocycles. The third-order valence-electron chi connectivity index (χ3n) is 7.34. The molecular formula is C31H33N3O3S. The van der Waals surface area contributed by atoms with Crippen LogP contribution in [-0.4, -0.2) is 28.7 Å². The van der Waals surface area contributed by atoms with Gasteiger partial charge in [-0.05, 0) is 99.2 Å². The van der Waals surface area contributed by atoms with Gasteiger partial charge >= 0.3 is 6.03 Å². The summed E-state index contributed by atoms with van der Waals surface area (Å²) < 4.78 is 13.7. The van der Waals surface area contributed by atoms with E-state index in [0.29, 0.717) is 19.8 Å². The monoisotopic (exact) mass is 527 g/mol. The number of amides is 2. The minimum Gasteiger partial charge on any atom is -0.494 e. The average Bonchev–Trinajstić information content (AvgIpc) is 3.52. The van der Waals surface area contributed by atoms with Crippen molar-refractivity contribution in [1.29, 1.82) is 0 Å². The van der Waals surface area contributed by atoms with Gasteiger partial charge in [0.2, 0.25) is 0 Å². The third-order valence-corrected chi connectivity index (χ3v) is 8.67. The smallest absolute Gasteiger partial charge is 0.322 e. The molecule has 1 N–H and O–H groups in total. The molecule has 0 bridgehead atoms. The molecule has 1 atom stereocenters. The number of ether oxygens (including phenoxy) is 2. The largest absolute Gasteiger partial charge is 0.494 e. The highest BCUT2D eigenvalue weighted by Crippen LogP contribution is 2.44. The zero-order valence-electron chi connectivity index (χ0n) is 21.9. The Hall–Kier alpha value is -3.71. The predicted molar refractivity (Wildman–Crippen MR) is 152 cm³/mol. The zero-order valence-corrected chi connectivity index (χ0v) is 22.7. The van der Waals surface area contributed by atoms with Crippen molar-refractivity contribution in [1.82, 2.24) is 9.47 Å². The Morgan fingerprint density at radius 3 is 2.55 bits per heavy atom. The first kappa shape index (κ1) is 24.6. The first-order chi connectivity index (χ1) is 18.7. The maximum atomic E-state index is 14.1. The maximum absolute atomic E-state index is 14.1. The van der Waals surface area contributed by atoms with Crippen LogP contribution in [-0.2, 0) is 19.4 Å². The Balaban J connectivity index is 1.44. The Labute approximate surface area is 227 Å². The van der Waals surface area contributed by atoms with Crippen molar-refractivity contribution in [3.63, 3.8) is 0 Å². The lowest BCUT2D eigenvalue weighted by Crippen LogP contribution is -2.38. The Morgan fingerprint density at radius 2 is 1.74 bits per heavy atom. The van der Waals surface area contributed by atoms with Crippen LogP contribution in [0.4, 0.5) is 10.5 Å². The van der Waals surface area contributed by atoms with E-state index in [1.165, 1.54) is 33.8 Å². The van der Waals surface area contributed by atoms with Crippen LogP contribution in [0.15, 0.2) is 66.9 Å². The second kappa shape index (κ2) is 10.6. The van der Waals surface area contributed by atoms with Gasteiger partial charge < -0.3 is 24.3 Å². The topological polar surface area (TPSA) is 55.7 Å². The first-order valence-electron chi connectivity index (χ1n) is 13.5. The molecule has 0 unspecified atom stereocenters. The molecule has 6 nitrogen and oxygen atoms in total. The summed E-state index contributed by atoms with van der Waals surface area (Å²) in [5, 5.41) is 4.42. The van der Waals surface area contributed by atoms with Gasteiger partial charge in [0.05, 0.1) is 31.5 Å². The summed E-state index contributed by atoms with van der Waals surface area (Å²) in [4.78, 5) is 17.6. The predicted octanol–water partition coefficient (Wildman–Crippen LogP) is 7.35. The molecular weight excluding hydrogens is 494 g/mol. The highest BCUT2D eigenvalue weighted by molar-refractivity contribution is 7.15. The number of urea groups is 1. The van der Waals surface area contributed by atoms with E-state index < -0.39 is 0 Å². The Bertz CT molecular complexity index is 1440. The van der Waals surface area contributed by atoms with Gasteiger partial charge in [0, 0.05) is 22.3 Å². The molecule has 38 heavy (non-hydrogen) atoms.